The molecule has 0 aliphatic carbocycles. The van der Waals surface area contributed by atoms with Crippen molar-refractivity contribution in [2.45, 2.75) is 31.6 Å². The number of nitrogens with one attached hydrogen (secondary N) is 2. The minimum atomic E-state index is -1.25. The van der Waals surface area contributed by atoms with Crippen LogP contribution in [0.1, 0.15) is 17.5 Å². The maximum atomic E-state index is 12.3. The van der Waals surface area contributed by atoms with Gasteiger partial charge in [0.1, 0.15) is 12.6 Å². The molecule has 0 aliphatic rings. The van der Waals surface area contributed by atoms with Crippen molar-refractivity contribution in [1.29, 1.82) is 0 Å². The van der Waals surface area contributed by atoms with Crippen molar-refractivity contribution in [3.8, 4) is 0 Å². The molecule has 33 heavy (non-hydrogen) atoms. The van der Waals surface area contributed by atoms with E-state index < -0.39 is 41.5 Å². The van der Waals surface area contributed by atoms with Crippen LogP contribution in [-0.2, 0) is 32.1 Å². The van der Waals surface area contributed by atoms with Crippen molar-refractivity contribution in [2.75, 3.05) is 13.7 Å². The highest BCUT2D eigenvalue weighted by Crippen LogP contribution is 2.19. The Morgan fingerprint density at radius 3 is 2.42 bits per heavy atom. The summed E-state index contributed by atoms with van der Waals surface area (Å²) in [4.78, 5) is 46.7. The van der Waals surface area contributed by atoms with Gasteiger partial charge in [-0.2, -0.15) is 0 Å². The van der Waals surface area contributed by atoms with Crippen LogP contribution >= 0.6 is 0 Å². The second-order valence-corrected chi connectivity index (χ2v) is 7.03. The first-order chi connectivity index (χ1) is 15.8. The summed E-state index contributed by atoms with van der Waals surface area (Å²) in [6.45, 7) is -0.205. The number of aliphatic hydroxyl groups excluding tert-OH is 1. The lowest BCUT2D eigenvalue weighted by atomic mass is 10.0. The Hall–Kier alpha value is -3.99. The summed E-state index contributed by atoms with van der Waals surface area (Å²) >= 11 is 0. The van der Waals surface area contributed by atoms with Gasteiger partial charge in [0.05, 0.1) is 24.6 Å². The number of rotatable bonds is 11. The van der Waals surface area contributed by atoms with Gasteiger partial charge in [-0.25, -0.2) is 9.59 Å². The second kappa shape index (κ2) is 12.8. The van der Waals surface area contributed by atoms with Crippen LogP contribution < -0.4 is 10.6 Å². The van der Waals surface area contributed by atoms with E-state index in [1.807, 2.05) is 6.07 Å². The number of methoxy groups -OCH3 is 1. The molecule has 0 radical (unpaired) electrons. The zero-order chi connectivity index (χ0) is 24.2. The van der Waals surface area contributed by atoms with Crippen LogP contribution in [0.2, 0.25) is 0 Å². The van der Waals surface area contributed by atoms with Crippen LogP contribution in [-0.4, -0.2) is 53.8 Å². The molecule has 3 N–H and O–H groups in total. The number of aliphatic hydroxyl groups is 1. The molecular weight excluding hydrogens is 434 g/mol. The lowest BCUT2D eigenvalue weighted by Gasteiger charge is -2.18. The van der Waals surface area contributed by atoms with Gasteiger partial charge in [-0.3, -0.25) is 14.9 Å². The SMILES string of the molecule is COC(=O)[C@@H](Cc1ccccc1[N+](=O)[O-])NC(=O)C[C@@H](O)CNC(=O)OCc1ccccc1. The molecule has 0 fully saturated rings. The summed E-state index contributed by atoms with van der Waals surface area (Å²) in [5, 5.41) is 26.0. The van der Waals surface area contributed by atoms with E-state index >= 15 is 0 Å². The zero-order valence-electron chi connectivity index (χ0n) is 17.9. The van der Waals surface area contributed by atoms with E-state index in [1.165, 1.54) is 18.2 Å². The predicted molar refractivity (Wildman–Crippen MR) is 116 cm³/mol. The van der Waals surface area contributed by atoms with Gasteiger partial charge in [0.25, 0.3) is 5.69 Å². The fourth-order valence-electron chi connectivity index (χ4n) is 2.93. The Bertz CT molecular complexity index is 967. The van der Waals surface area contributed by atoms with Gasteiger partial charge >= 0.3 is 12.1 Å². The van der Waals surface area contributed by atoms with Crippen molar-refractivity contribution in [3.05, 3.63) is 75.8 Å². The number of carbonyl (C=O) groups excluding carboxylic acids is 3. The molecule has 176 valence electrons. The lowest BCUT2D eigenvalue weighted by Crippen LogP contribution is -2.45. The van der Waals surface area contributed by atoms with Gasteiger partial charge in [0.15, 0.2) is 0 Å². The molecule has 2 amide bonds. The normalized spacial score (nSPS) is 12.2. The standard InChI is InChI=1S/C22H25N3O8/c1-32-21(28)18(11-16-9-5-6-10-19(16)25(30)31)24-20(27)12-17(26)13-23-22(29)33-14-15-7-3-2-4-8-15/h2-10,17-18,26H,11-14H2,1H3,(H,23,29)(H,24,27)/t17-,18-/m1/s1. The Morgan fingerprint density at radius 1 is 1.09 bits per heavy atom. The first kappa shape index (κ1) is 25.3. The molecule has 0 saturated carbocycles. The lowest BCUT2D eigenvalue weighted by molar-refractivity contribution is -0.385. The molecule has 0 spiro atoms. The molecule has 0 heterocycles. The molecule has 0 aliphatic heterocycles. The monoisotopic (exact) mass is 459 g/mol. The van der Waals surface area contributed by atoms with Gasteiger partial charge in [0.2, 0.25) is 5.91 Å². The fourth-order valence-corrected chi connectivity index (χ4v) is 2.93. The molecule has 2 rings (SSSR count). The van der Waals surface area contributed by atoms with Gasteiger partial charge in [-0.1, -0.05) is 48.5 Å². The summed E-state index contributed by atoms with van der Waals surface area (Å²) in [5.41, 5.74) is 0.834. The summed E-state index contributed by atoms with van der Waals surface area (Å²) < 4.78 is 9.69. The third kappa shape index (κ3) is 8.57. The number of hydrogen-bond acceptors (Lipinski definition) is 8. The molecule has 2 aromatic carbocycles. The molecule has 2 aromatic rings. The number of carbonyl (C=O) groups is 3. The second-order valence-electron chi connectivity index (χ2n) is 7.03. The highest BCUT2D eigenvalue weighted by Gasteiger charge is 2.26. The summed E-state index contributed by atoms with van der Waals surface area (Å²) in [7, 11) is 1.13. The first-order valence-electron chi connectivity index (χ1n) is 10.0. The fraction of sp³-hybridized carbons (Fsp3) is 0.318. The van der Waals surface area contributed by atoms with Crippen LogP contribution in [0.3, 0.4) is 0 Å². The van der Waals surface area contributed by atoms with Crippen LogP contribution in [0.5, 0.6) is 0 Å². The maximum absolute atomic E-state index is 12.3. The predicted octanol–water partition coefficient (Wildman–Crippen LogP) is 1.47. The van der Waals surface area contributed by atoms with Crippen molar-refractivity contribution in [1.82, 2.24) is 10.6 Å². The zero-order valence-corrected chi connectivity index (χ0v) is 17.9. The van der Waals surface area contributed by atoms with Crippen LogP contribution in [0.25, 0.3) is 0 Å². The van der Waals surface area contributed by atoms with Gasteiger partial charge in [-0.15, -0.1) is 0 Å². The van der Waals surface area contributed by atoms with E-state index in [4.69, 9.17) is 4.74 Å². The van der Waals surface area contributed by atoms with Crippen LogP contribution in [0.15, 0.2) is 54.6 Å². The van der Waals surface area contributed by atoms with E-state index in [0.29, 0.717) is 0 Å². The van der Waals surface area contributed by atoms with E-state index in [2.05, 4.69) is 15.4 Å². The van der Waals surface area contributed by atoms with E-state index in [1.54, 1.807) is 30.3 Å². The Balaban J connectivity index is 1.84. The summed E-state index contributed by atoms with van der Waals surface area (Å²) in [6.07, 6.45) is -2.61. The number of amides is 2. The van der Waals surface area contributed by atoms with Crippen molar-refractivity contribution in [2.24, 2.45) is 0 Å². The number of ether oxygens (including phenoxy) is 2. The molecule has 11 nitrogen and oxygen atoms in total. The number of para-hydroxylation sites is 1. The highest BCUT2D eigenvalue weighted by atomic mass is 16.6. The molecule has 0 bridgehead atoms. The van der Waals surface area contributed by atoms with Gasteiger partial charge in [0, 0.05) is 24.6 Å². The number of alkyl carbamates (subject to hydrolysis) is 1. The molecule has 0 unspecified atom stereocenters. The third-order valence-corrected chi connectivity index (χ3v) is 4.55. The van der Waals surface area contributed by atoms with Gasteiger partial charge in [-0.05, 0) is 5.56 Å². The largest absolute Gasteiger partial charge is 0.467 e. The van der Waals surface area contributed by atoms with E-state index in [0.717, 1.165) is 12.7 Å². The van der Waals surface area contributed by atoms with Crippen LogP contribution in [0.4, 0.5) is 10.5 Å². The van der Waals surface area contributed by atoms with Crippen molar-refractivity contribution >= 4 is 23.7 Å². The van der Waals surface area contributed by atoms with Crippen molar-refractivity contribution in [3.63, 3.8) is 0 Å². The van der Waals surface area contributed by atoms with E-state index in [-0.39, 0.29) is 30.8 Å². The Labute approximate surface area is 189 Å². The number of nitrogens with zero attached hydrogens (tertiary/aromatic N) is 1. The minimum Gasteiger partial charge on any atom is -0.467 e. The smallest absolute Gasteiger partial charge is 0.407 e. The Morgan fingerprint density at radius 2 is 1.76 bits per heavy atom. The highest BCUT2D eigenvalue weighted by molar-refractivity contribution is 5.85. The molecule has 0 saturated heterocycles. The topological polar surface area (TPSA) is 157 Å². The average Bonchev–Trinajstić information content (AvgIpc) is 2.81. The maximum Gasteiger partial charge on any atom is 0.407 e. The number of nitro benzene ring substituents is 1. The number of nitro groups is 1. The van der Waals surface area contributed by atoms with E-state index in [9.17, 15) is 29.6 Å². The van der Waals surface area contributed by atoms with Gasteiger partial charge < -0.3 is 25.2 Å². The van der Waals surface area contributed by atoms with Crippen LogP contribution in [0, 0.1) is 10.1 Å². The van der Waals surface area contributed by atoms with Crippen molar-refractivity contribution < 1.29 is 33.9 Å². The summed E-state index contributed by atoms with van der Waals surface area (Å²) in [6, 6.07) is 13.6. The molecule has 0 aromatic heterocycles. The molecular formula is C22H25N3O8. The summed E-state index contributed by atoms with van der Waals surface area (Å²) in [5.74, 6) is -1.49. The Kier molecular flexibility index (Phi) is 9.78. The third-order valence-electron chi connectivity index (χ3n) is 4.55. The minimum absolute atomic E-state index is 0.0513. The number of hydrogen-bond donors (Lipinski definition) is 3. The average molecular weight is 459 g/mol. The first-order valence-corrected chi connectivity index (χ1v) is 10.0. The molecule has 11 heteroatoms. The number of esters is 1. The number of benzene rings is 2. The molecule has 2 atom stereocenters. The quantitative estimate of drug-likeness (QED) is 0.259.